The highest BCUT2D eigenvalue weighted by Crippen LogP contribution is 2.18. The predicted octanol–water partition coefficient (Wildman–Crippen LogP) is 1.31. The summed E-state index contributed by atoms with van der Waals surface area (Å²) in [4.78, 5) is 11.6. The molecule has 0 bridgehead atoms. The largest absolute Gasteiger partial charge is 0.472 e. The van der Waals surface area contributed by atoms with Crippen molar-refractivity contribution in [2.24, 2.45) is 0 Å². The maximum atomic E-state index is 11.6. The Bertz CT molecular complexity index is 313. The van der Waals surface area contributed by atoms with E-state index in [1.807, 2.05) is 0 Å². The van der Waals surface area contributed by atoms with Crippen molar-refractivity contribution in [2.45, 2.75) is 37.8 Å². The zero-order chi connectivity index (χ0) is 10.7. The number of hydrogen-bond donors (Lipinski definition) is 2. The first-order valence-electron chi connectivity index (χ1n) is 5.27. The van der Waals surface area contributed by atoms with Gasteiger partial charge in [0.2, 0.25) is 0 Å². The first-order chi connectivity index (χ1) is 7.25. The van der Waals surface area contributed by atoms with Gasteiger partial charge in [-0.15, -0.1) is 0 Å². The second-order valence-electron chi connectivity index (χ2n) is 3.99. The number of amides is 1. The highest BCUT2D eigenvalue weighted by atomic mass is 16.3. The Labute approximate surface area is 88.3 Å². The van der Waals surface area contributed by atoms with Gasteiger partial charge in [0.05, 0.1) is 17.9 Å². The molecular formula is C11H15NO3. The summed E-state index contributed by atoms with van der Waals surface area (Å²) in [5.74, 6) is -0.0925. The van der Waals surface area contributed by atoms with Crippen molar-refractivity contribution in [3.63, 3.8) is 0 Å². The molecule has 1 saturated carbocycles. The second-order valence-corrected chi connectivity index (χ2v) is 3.99. The minimum Gasteiger partial charge on any atom is -0.472 e. The predicted molar refractivity (Wildman–Crippen MR) is 54.4 cm³/mol. The molecule has 0 unspecified atom stereocenters. The van der Waals surface area contributed by atoms with Crippen LogP contribution in [0.4, 0.5) is 0 Å². The highest BCUT2D eigenvalue weighted by Gasteiger charge is 2.21. The molecule has 0 aliphatic heterocycles. The zero-order valence-electron chi connectivity index (χ0n) is 8.48. The van der Waals surface area contributed by atoms with E-state index in [0.29, 0.717) is 5.56 Å². The number of rotatable bonds is 2. The Hall–Kier alpha value is -1.29. The van der Waals surface area contributed by atoms with E-state index >= 15 is 0 Å². The van der Waals surface area contributed by atoms with Gasteiger partial charge < -0.3 is 14.8 Å². The van der Waals surface area contributed by atoms with Gasteiger partial charge in [0.15, 0.2) is 0 Å². The van der Waals surface area contributed by atoms with Crippen LogP contribution < -0.4 is 5.32 Å². The molecule has 0 spiro atoms. The number of aliphatic hydroxyl groups excluding tert-OH is 1. The van der Waals surface area contributed by atoms with Crippen molar-refractivity contribution in [2.75, 3.05) is 0 Å². The lowest BCUT2D eigenvalue weighted by atomic mass is 9.93. The quantitative estimate of drug-likeness (QED) is 0.772. The standard InChI is InChI=1S/C11H15NO3/c13-10-3-1-9(2-4-10)12-11(14)8-5-6-15-7-8/h5-7,9-10,13H,1-4H2,(H,12,14). The number of nitrogens with one attached hydrogen (secondary N) is 1. The third-order valence-electron chi connectivity index (χ3n) is 2.82. The van der Waals surface area contributed by atoms with Gasteiger partial charge in [-0.1, -0.05) is 0 Å². The van der Waals surface area contributed by atoms with Crippen LogP contribution in [0.3, 0.4) is 0 Å². The van der Waals surface area contributed by atoms with Crippen LogP contribution in [0.1, 0.15) is 36.0 Å². The molecule has 1 aromatic rings. The van der Waals surface area contributed by atoms with E-state index < -0.39 is 0 Å². The Kier molecular flexibility index (Phi) is 3.06. The molecule has 0 radical (unpaired) electrons. The molecule has 82 valence electrons. The Morgan fingerprint density at radius 3 is 2.73 bits per heavy atom. The minimum absolute atomic E-state index is 0.0925. The fourth-order valence-electron chi connectivity index (χ4n) is 1.88. The van der Waals surface area contributed by atoms with E-state index in [0.717, 1.165) is 25.7 Å². The van der Waals surface area contributed by atoms with Crippen molar-refractivity contribution in [3.05, 3.63) is 24.2 Å². The Morgan fingerprint density at radius 1 is 1.40 bits per heavy atom. The third kappa shape index (κ3) is 2.59. The summed E-state index contributed by atoms with van der Waals surface area (Å²) >= 11 is 0. The lowest BCUT2D eigenvalue weighted by molar-refractivity contribution is 0.0867. The molecule has 0 saturated heterocycles. The maximum absolute atomic E-state index is 11.6. The molecule has 1 aromatic heterocycles. The molecule has 2 N–H and O–H groups in total. The van der Waals surface area contributed by atoms with Crippen LogP contribution in [-0.4, -0.2) is 23.2 Å². The first-order valence-corrected chi connectivity index (χ1v) is 5.27. The average molecular weight is 209 g/mol. The van der Waals surface area contributed by atoms with Crippen LogP contribution in [0.15, 0.2) is 23.0 Å². The summed E-state index contributed by atoms with van der Waals surface area (Å²) in [7, 11) is 0. The molecule has 1 heterocycles. The van der Waals surface area contributed by atoms with Crippen LogP contribution in [0.2, 0.25) is 0 Å². The summed E-state index contributed by atoms with van der Waals surface area (Å²) < 4.78 is 4.84. The molecular weight excluding hydrogens is 194 g/mol. The normalized spacial score (nSPS) is 26.2. The monoisotopic (exact) mass is 209 g/mol. The van der Waals surface area contributed by atoms with Gasteiger partial charge in [-0.3, -0.25) is 4.79 Å². The van der Waals surface area contributed by atoms with Crippen molar-refractivity contribution in [1.82, 2.24) is 5.32 Å². The summed E-state index contributed by atoms with van der Waals surface area (Å²) in [5.41, 5.74) is 0.557. The van der Waals surface area contributed by atoms with Gasteiger partial charge in [-0.05, 0) is 31.7 Å². The van der Waals surface area contributed by atoms with E-state index in [2.05, 4.69) is 5.32 Å². The van der Waals surface area contributed by atoms with Crippen molar-refractivity contribution >= 4 is 5.91 Å². The van der Waals surface area contributed by atoms with E-state index in [4.69, 9.17) is 4.42 Å². The number of furan rings is 1. The van der Waals surface area contributed by atoms with Gasteiger partial charge in [0.1, 0.15) is 6.26 Å². The second kappa shape index (κ2) is 4.49. The molecule has 1 fully saturated rings. The Balaban J connectivity index is 1.85. The average Bonchev–Trinajstić information content (AvgIpc) is 2.74. The summed E-state index contributed by atoms with van der Waals surface area (Å²) in [6.45, 7) is 0. The van der Waals surface area contributed by atoms with Crippen LogP contribution in [0, 0.1) is 0 Å². The van der Waals surface area contributed by atoms with Gasteiger partial charge in [-0.25, -0.2) is 0 Å². The summed E-state index contributed by atoms with van der Waals surface area (Å²) in [5, 5.41) is 12.2. The minimum atomic E-state index is -0.188. The molecule has 4 heteroatoms. The van der Waals surface area contributed by atoms with E-state index in [1.165, 1.54) is 12.5 Å². The molecule has 1 aliphatic rings. The molecule has 0 aromatic carbocycles. The number of carbonyl (C=O) groups excluding carboxylic acids is 1. The van der Waals surface area contributed by atoms with Gasteiger partial charge in [0, 0.05) is 6.04 Å². The third-order valence-corrected chi connectivity index (χ3v) is 2.82. The van der Waals surface area contributed by atoms with Crippen LogP contribution in [0.25, 0.3) is 0 Å². The lowest BCUT2D eigenvalue weighted by Crippen LogP contribution is -2.38. The number of carbonyl (C=O) groups is 1. The van der Waals surface area contributed by atoms with Crippen molar-refractivity contribution < 1.29 is 14.3 Å². The van der Waals surface area contributed by atoms with Gasteiger partial charge >= 0.3 is 0 Å². The van der Waals surface area contributed by atoms with Crippen LogP contribution >= 0.6 is 0 Å². The van der Waals surface area contributed by atoms with Crippen molar-refractivity contribution in [1.29, 1.82) is 0 Å². The fourth-order valence-corrected chi connectivity index (χ4v) is 1.88. The van der Waals surface area contributed by atoms with Crippen LogP contribution in [-0.2, 0) is 0 Å². The zero-order valence-corrected chi connectivity index (χ0v) is 8.48. The molecule has 0 atom stereocenters. The molecule has 4 nitrogen and oxygen atoms in total. The van der Waals surface area contributed by atoms with E-state index in [1.54, 1.807) is 6.07 Å². The number of hydrogen-bond acceptors (Lipinski definition) is 3. The molecule has 1 amide bonds. The van der Waals surface area contributed by atoms with Gasteiger partial charge in [-0.2, -0.15) is 0 Å². The smallest absolute Gasteiger partial charge is 0.254 e. The van der Waals surface area contributed by atoms with Crippen LogP contribution in [0.5, 0.6) is 0 Å². The molecule has 1 aliphatic carbocycles. The van der Waals surface area contributed by atoms with Gasteiger partial charge in [0.25, 0.3) is 5.91 Å². The molecule has 2 rings (SSSR count). The molecule has 15 heavy (non-hydrogen) atoms. The highest BCUT2D eigenvalue weighted by molar-refractivity contribution is 5.93. The summed E-state index contributed by atoms with van der Waals surface area (Å²) in [6, 6.07) is 1.84. The maximum Gasteiger partial charge on any atom is 0.254 e. The van der Waals surface area contributed by atoms with E-state index in [-0.39, 0.29) is 18.1 Å². The SMILES string of the molecule is O=C(NC1CCC(O)CC1)c1ccoc1. The van der Waals surface area contributed by atoms with Crippen molar-refractivity contribution in [3.8, 4) is 0 Å². The lowest BCUT2D eigenvalue weighted by Gasteiger charge is -2.25. The Morgan fingerprint density at radius 2 is 2.13 bits per heavy atom. The topological polar surface area (TPSA) is 62.5 Å². The first kappa shape index (κ1) is 10.2. The summed E-state index contributed by atoms with van der Waals surface area (Å²) in [6.07, 6.45) is 5.99. The fraction of sp³-hybridized carbons (Fsp3) is 0.545. The number of aliphatic hydroxyl groups is 1. The van der Waals surface area contributed by atoms with E-state index in [9.17, 15) is 9.90 Å².